The average Bonchev–Trinajstić information content (AvgIpc) is 3.52. The van der Waals surface area contributed by atoms with Crippen LogP contribution in [0.1, 0.15) is 35.4 Å². The summed E-state index contributed by atoms with van der Waals surface area (Å²) >= 11 is 12.2. The van der Waals surface area contributed by atoms with Gasteiger partial charge in [0.25, 0.3) is 11.9 Å². The Kier molecular flexibility index (Phi) is 5.67. The van der Waals surface area contributed by atoms with Crippen LogP contribution in [0.3, 0.4) is 0 Å². The first-order valence-electron chi connectivity index (χ1n) is 11.9. The van der Waals surface area contributed by atoms with Crippen molar-refractivity contribution in [3.8, 4) is 5.75 Å². The van der Waals surface area contributed by atoms with Crippen molar-refractivity contribution in [2.75, 3.05) is 11.9 Å². The summed E-state index contributed by atoms with van der Waals surface area (Å²) in [4.78, 5) is 28.0. The van der Waals surface area contributed by atoms with E-state index in [1.165, 1.54) is 0 Å². The molecule has 3 aromatic carbocycles. The van der Waals surface area contributed by atoms with Gasteiger partial charge in [-0.25, -0.2) is 0 Å². The molecule has 1 amide bonds. The van der Waals surface area contributed by atoms with Gasteiger partial charge in [0.1, 0.15) is 12.4 Å². The first-order chi connectivity index (χ1) is 17.4. The van der Waals surface area contributed by atoms with Crippen LogP contribution in [0, 0.1) is 10.1 Å². The zero-order chi connectivity index (χ0) is 25.0. The molecule has 3 heterocycles. The maximum Gasteiger partial charge on any atom is 0.256 e. The second kappa shape index (κ2) is 8.76. The van der Waals surface area contributed by atoms with E-state index in [2.05, 4.69) is 10.2 Å². The Hall–Kier alpha value is -3.13. The number of fused-ring (bicyclic) bond motifs is 4. The standard InChI is InChI=1S/C27H23Cl2N3O4/c28-18-10-7-17(21(29)14-18)15-36-19-11-8-16(9-12-19)24-23-6-3-13-31(23)27(25(24)32(34)35)20-4-1-2-5-22(20)30-26(27)33/h1-2,4-5,7-12,14,23-25H,3,6,13,15H2,(H,30,33)/t23-,24-,25-,27+/m1/s1. The fourth-order valence-electron chi connectivity index (χ4n) is 6.36. The number of nitrogens with zero attached hydrogens (tertiary/aromatic N) is 2. The third-order valence-corrected chi connectivity index (χ3v) is 8.36. The quantitative estimate of drug-likeness (QED) is 0.346. The first kappa shape index (κ1) is 23.3. The van der Waals surface area contributed by atoms with Crippen molar-refractivity contribution in [3.63, 3.8) is 0 Å². The van der Waals surface area contributed by atoms with Gasteiger partial charge >= 0.3 is 0 Å². The number of benzene rings is 3. The highest BCUT2D eigenvalue weighted by Gasteiger charge is 2.73. The third-order valence-electron chi connectivity index (χ3n) is 7.77. The number of para-hydroxylation sites is 1. The van der Waals surface area contributed by atoms with Gasteiger partial charge in [0.05, 0.1) is 5.92 Å². The van der Waals surface area contributed by atoms with E-state index in [9.17, 15) is 14.9 Å². The van der Waals surface area contributed by atoms with Crippen LogP contribution in [-0.2, 0) is 16.9 Å². The van der Waals surface area contributed by atoms with Crippen molar-refractivity contribution in [2.45, 2.75) is 43.0 Å². The van der Waals surface area contributed by atoms with E-state index in [-0.39, 0.29) is 23.5 Å². The highest BCUT2D eigenvalue weighted by atomic mass is 35.5. The number of nitro groups is 1. The van der Waals surface area contributed by atoms with Gasteiger partial charge in [-0.2, -0.15) is 0 Å². The van der Waals surface area contributed by atoms with Crippen LogP contribution in [0.4, 0.5) is 5.69 Å². The SMILES string of the molecule is O=C1Nc2ccccc2[C@]12[C@H]([N+](=O)[O-])[C@H](c1ccc(OCc3ccc(Cl)cc3Cl)cc1)[C@H]1CCCN12. The topological polar surface area (TPSA) is 84.7 Å². The van der Waals surface area contributed by atoms with Gasteiger partial charge in [-0.1, -0.05) is 59.6 Å². The van der Waals surface area contributed by atoms with Crippen molar-refractivity contribution >= 4 is 34.8 Å². The van der Waals surface area contributed by atoms with Crippen molar-refractivity contribution in [1.82, 2.24) is 4.90 Å². The third kappa shape index (κ3) is 3.41. The predicted molar refractivity (Wildman–Crippen MR) is 137 cm³/mol. The highest BCUT2D eigenvalue weighted by molar-refractivity contribution is 6.35. The molecule has 0 aromatic heterocycles. The summed E-state index contributed by atoms with van der Waals surface area (Å²) in [5.41, 5.74) is 1.69. The summed E-state index contributed by atoms with van der Waals surface area (Å²) in [5, 5.41) is 16.7. The second-order valence-electron chi connectivity index (χ2n) is 9.52. The van der Waals surface area contributed by atoms with Crippen LogP contribution < -0.4 is 10.1 Å². The molecule has 3 aliphatic heterocycles. The molecule has 6 rings (SSSR count). The number of anilines is 1. The molecule has 0 bridgehead atoms. The van der Waals surface area contributed by atoms with Crippen molar-refractivity contribution in [1.29, 1.82) is 0 Å². The molecule has 1 N–H and O–H groups in total. The van der Waals surface area contributed by atoms with E-state index >= 15 is 0 Å². The molecule has 0 radical (unpaired) electrons. The Bertz CT molecular complexity index is 1370. The van der Waals surface area contributed by atoms with E-state index in [0.29, 0.717) is 33.6 Å². The number of amides is 1. The number of carbonyl (C=O) groups excluding carboxylic acids is 1. The van der Waals surface area contributed by atoms with E-state index < -0.39 is 17.5 Å². The molecule has 36 heavy (non-hydrogen) atoms. The number of ether oxygens (including phenoxy) is 1. The lowest BCUT2D eigenvalue weighted by atomic mass is 9.77. The fraction of sp³-hybridized carbons (Fsp3) is 0.296. The van der Waals surface area contributed by atoms with Crippen molar-refractivity contribution < 1.29 is 14.5 Å². The molecule has 9 heteroatoms. The smallest absolute Gasteiger partial charge is 0.256 e. The summed E-state index contributed by atoms with van der Waals surface area (Å²) in [6.45, 7) is 0.920. The number of rotatable bonds is 5. The van der Waals surface area contributed by atoms with Gasteiger partial charge in [0, 0.05) is 44.4 Å². The molecule has 0 aliphatic carbocycles. The zero-order valence-electron chi connectivity index (χ0n) is 19.2. The summed E-state index contributed by atoms with van der Waals surface area (Å²) in [6, 6.07) is 18.8. The van der Waals surface area contributed by atoms with Crippen LogP contribution in [0.15, 0.2) is 66.7 Å². The Morgan fingerprint density at radius 1 is 1.11 bits per heavy atom. The fourth-order valence-corrected chi connectivity index (χ4v) is 6.82. The molecular formula is C27H23Cl2N3O4. The second-order valence-corrected chi connectivity index (χ2v) is 10.4. The molecule has 2 saturated heterocycles. The zero-order valence-corrected chi connectivity index (χ0v) is 20.7. The molecular weight excluding hydrogens is 501 g/mol. The maximum atomic E-state index is 13.5. The molecule has 184 valence electrons. The first-order valence-corrected chi connectivity index (χ1v) is 12.6. The number of halogens is 2. The lowest BCUT2D eigenvalue weighted by Gasteiger charge is -2.32. The van der Waals surface area contributed by atoms with Gasteiger partial charge in [-0.3, -0.25) is 19.8 Å². The van der Waals surface area contributed by atoms with E-state index in [1.807, 2.05) is 54.6 Å². The van der Waals surface area contributed by atoms with Crippen LogP contribution in [0.5, 0.6) is 5.75 Å². The normalized spacial score (nSPS) is 26.6. The van der Waals surface area contributed by atoms with Gasteiger partial charge in [0.15, 0.2) is 5.54 Å². The summed E-state index contributed by atoms with van der Waals surface area (Å²) in [5.74, 6) is -0.110. The van der Waals surface area contributed by atoms with E-state index in [4.69, 9.17) is 27.9 Å². The van der Waals surface area contributed by atoms with E-state index in [1.54, 1.807) is 12.1 Å². The minimum atomic E-state index is -1.31. The van der Waals surface area contributed by atoms with Gasteiger partial charge in [0.2, 0.25) is 0 Å². The van der Waals surface area contributed by atoms with Crippen LogP contribution in [0.2, 0.25) is 10.0 Å². The molecule has 7 nitrogen and oxygen atoms in total. The molecule has 3 aromatic rings. The highest BCUT2D eigenvalue weighted by Crippen LogP contribution is 2.58. The number of nitrogens with one attached hydrogen (secondary N) is 1. The molecule has 4 atom stereocenters. The molecule has 1 spiro atoms. The average molecular weight is 524 g/mol. The number of hydrogen-bond acceptors (Lipinski definition) is 5. The molecule has 0 unspecified atom stereocenters. The Balaban J connectivity index is 1.33. The summed E-state index contributed by atoms with van der Waals surface area (Å²) in [7, 11) is 0. The van der Waals surface area contributed by atoms with Crippen molar-refractivity contribution in [3.05, 3.63) is 104 Å². The maximum absolute atomic E-state index is 13.5. The monoisotopic (exact) mass is 523 g/mol. The Morgan fingerprint density at radius 2 is 1.89 bits per heavy atom. The summed E-state index contributed by atoms with van der Waals surface area (Å²) < 4.78 is 5.91. The lowest BCUT2D eigenvalue weighted by molar-refractivity contribution is -0.534. The van der Waals surface area contributed by atoms with Crippen LogP contribution in [-0.4, -0.2) is 34.4 Å². The minimum absolute atomic E-state index is 0.100. The molecule has 2 fully saturated rings. The predicted octanol–water partition coefficient (Wildman–Crippen LogP) is 5.63. The number of hydrogen-bond donors (Lipinski definition) is 1. The van der Waals surface area contributed by atoms with Crippen LogP contribution >= 0.6 is 23.2 Å². The van der Waals surface area contributed by atoms with E-state index in [0.717, 1.165) is 24.0 Å². The van der Waals surface area contributed by atoms with Gasteiger partial charge < -0.3 is 10.1 Å². The number of carbonyl (C=O) groups is 1. The van der Waals surface area contributed by atoms with Gasteiger partial charge in [-0.05, 0) is 48.7 Å². The Labute approximate surface area is 218 Å². The van der Waals surface area contributed by atoms with Crippen LogP contribution in [0.25, 0.3) is 0 Å². The largest absolute Gasteiger partial charge is 0.489 e. The lowest BCUT2D eigenvalue weighted by Crippen LogP contribution is -2.55. The van der Waals surface area contributed by atoms with Gasteiger partial charge in [-0.15, -0.1) is 0 Å². The minimum Gasteiger partial charge on any atom is -0.489 e. The Morgan fingerprint density at radius 3 is 2.64 bits per heavy atom. The summed E-state index contributed by atoms with van der Waals surface area (Å²) in [6.07, 6.45) is 1.70. The molecule has 3 aliphatic rings. The molecule has 0 saturated carbocycles. The van der Waals surface area contributed by atoms with Crippen molar-refractivity contribution in [2.24, 2.45) is 0 Å².